The van der Waals surface area contributed by atoms with Crippen LogP contribution in [0.1, 0.15) is 12.7 Å². The lowest BCUT2D eigenvalue weighted by Gasteiger charge is -2.12. The quantitative estimate of drug-likeness (QED) is 0.652. The molecule has 3 rings (SSSR count). The zero-order valence-electron chi connectivity index (χ0n) is 14.4. The van der Waals surface area contributed by atoms with Gasteiger partial charge in [-0.1, -0.05) is 29.1 Å². The number of imidazole rings is 1. The molecule has 0 spiro atoms. The maximum absolute atomic E-state index is 12.4. The number of nitrogens with one attached hydrogen (secondary N) is 1. The predicted molar refractivity (Wildman–Crippen MR) is 96.8 cm³/mol. The summed E-state index contributed by atoms with van der Waals surface area (Å²) >= 11 is 1.41. The number of methoxy groups -OCH3 is 1. The first-order chi connectivity index (χ1) is 12.1. The molecule has 8 heteroatoms. The number of anilines is 1. The number of hydrogen-bond donors (Lipinski definition) is 1. The van der Waals surface area contributed by atoms with E-state index in [1.54, 1.807) is 20.1 Å². The third-order valence-corrected chi connectivity index (χ3v) is 4.76. The average molecular weight is 360 g/mol. The first-order valence-corrected chi connectivity index (χ1v) is 8.81. The molecule has 1 N–H and O–H groups in total. The Morgan fingerprint density at radius 3 is 2.96 bits per heavy atom. The summed E-state index contributed by atoms with van der Waals surface area (Å²) in [5, 5.41) is 6.99. The fraction of sp³-hybridized carbons (Fsp3) is 0.353. The van der Waals surface area contributed by atoms with Gasteiger partial charge >= 0.3 is 0 Å². The Kier molecular flexibility index (Phi) is 5.40. The van der Waals surface area contributed by atoms with E-state index < -0.39 is 0 Å². The molecule has 3 aromatic rings. The molecule has 2 aromatic heterocycles. The minimum atomic E-state index is -0.338. The van der Waals surface area contributed by atoms with E-state index in [0.29, 0.717) is 24.7 Å². The largest absolute Gasteiger partial charge is 0.383 e. The molecule has 0 aliphatic carbocycles. The highest BCUT2D eigenvalue weighted by atomic mass is 32.2. The topological polar surface area (TPSA) is 82.2 Å². The normalized spacial score (nSPS) is 12.4. The molecule has 0 aliphatic heterocycles. The van der Waals surface area contributed by atoms with Crippen LogP contribution in [0.25, 0.3) is 11.0 Å². The van der Waals surface area contributed by atoms with Crippen LogP contribution >= 0.6 is 11.8 Å². The summed E-state index contributed by atoms with van der Waals surface area (Å²) in [4.78, 5) is 17.0. The Labute approximate surface area is 149 Å². The Hall–Kier alpha value is -2.32. The Morgan fingerprint density at radius 2 is 2.24 bits per heavy atom. The van der Waals surface area contributed by atoms with Gasteiger partial charge in [-0.2, -0.15) is 0 Å². The summed E-state index contributed by atoms with van der Waals surface area (Å²) in [6.07, 6.45) is 0. The first-order valence-electron chi connectivity index (χ1n) is 7.93. The van der Waals surface area contributed by atoms with E-state index in [4.69, 9.17) is 9.26 Å². The molecule has 0 fully saturated rings. The number of hydrogen-bond acceptors (Lipinski definition) is 6. The van der Waals surface area contributed by atoms with E-state index in [0.717, 1.165) is 16.2 Å². The highest BCUT2D eigenvalue weighted by Gasteiger charge is 2.20. The highest BCUT2D eigenvalue weighted by molar-refractivity contribution is 8.00. The molecular formula is C17H20N4O3S. The fourth-order valence-electron chi connectivity index (χ4n) is 2.41. The summed E-state index contributed by atoms with van der Waals surface area (Å²) in [5.74, 6) is 0.920. The van der Waals surface area contributed by atoms with Gasteiger partial charge in [0.25, 0.3) is 0 Å². The van der Waals surface area contributed by atoms with Crippen molar-refractivity contribution in [1.82, 2.24) is 14.7 Å². The third kappa shape index (κ3) is 4.02. The van der Waals surface area contributed by atoms with Gasteiger partial charge in [0.1, 0.15) is 5.76 Å². The van der Waals surface area contributed by atoms with Gasteiger partial charge in [0, 0.05) is 19.7 Å². The number of benzene rings is 1. The molecular weight excluding hydrogens is 340 g/mol. The molecule has 0 saturated carbocycles. The van der Waals surface area contributed by atoms with Gasteiger partial charge in [-0.15, -0.1) is 0 Å². The summed E-state index contributed by atoms with van der Waals surface area (Å²) in [7, 11) is 1.67. The third-order valence-electron chi connectivity index (χ3n) is 3.67. The lowest BCUT2D eigenvalue weighted by atomic mass is 10.3. The van der Waals surface area contributed by atoms with Gasteiger partial charge in [-0.05, 0) is 26.0 Å². The number of aromatic nitrogens is 3. The van der Waals surface area contributed by atoms with Crippen LogP contribution in [-0.4, -0.2) is 39.6 Å². The number of fused-ring (bicyclic) bond motifs is 1. The summed E-state index contributed by atoms with van der Waals surface area (Å²) in [5.41, 5.74) is 1.93. The number of thioether (sulfide) groups is 1. The van der Waals surface area contributed by atoms with Crippen LogP contribution in [-0.2, 0) is 16.1 Å². The number of rotatable bonds is 7. The number of ether oxygens (including phenoxy) is 1. The molecule has 1 unspecified atom stereocenters. The summed E-state index contributed by atoms with van der Waals surface area (Å²) in [6, 6.07) is 9.60. The number of carbonyl (C=O) groups is 1. The van der Waals surface area contributed by atoms with E-state index in [1.165, 1.54) is 11.8 Å². The number of nitrogens with zero attached hydrogens (tertiary/aromatic N) is 3. The average Bonchev–Trinajstić information content (AvgIpc) is 3.16. The second-order valence-corrected chi connectivity index (χ2v) is 6.91. The Balaban J connectivity index is 1.77. The second kappa shape index (κ2) is 7.71. The van der Waals surface area contributed by atoms with Crippen molar-refractivity contribution in [3.8, 4) is 0 Å². The van der Waals surface area contributed by atoms with Crippen molar-refractivity contribution in [3.63, 3.8) is 0 Å². The smallest absolute Gasteiger partial charge is 0.238 e. The van der Waals surface area contributed by atoms with Crippen LogP contribution in [0.15, 0.2) is 40.0 Å². The van der Waals surface area contributed by atoms with Crippen molar-refractivity contribution in [2.75, 3.05) is 19.0 Å². The first kappa shape index (κ1) is 17.5. The minimum absolute atomic E-state index is 0.149. The molecule has 2 heterocycles. The number of amides is 1. The highest BCUT2D eigenvalue weighted by Crippen LogP contribution is 2.27. The lowest BCUT2D eigenvalue weighted by Crippen LogP contribution is -2.23. The van der Waals surface area contributed by atoms with Crippen molar-refractivity contribution in [2.45, 2.75) is 30.8 Å². The zero-order chi connectivity index (χ0) is 17.8. The van der Waals surface area contributed by atoms with E-state index >= 15 is 0 Å². The summed E-state index contributed by atoms with van der Waals surface area (Å²) in [6.45, 7) is 4.87. The molecule has 1 amide bonds. The van der Waals surface area contributed by atoms with Gasteiger partial charge in [-0.3, -0.25) is 4.79 Å². The van der Waals surface area contributed by atoms with Crippen molar-refractivity contribution in [1.29, 1.82) is 0 Å². The molecule has 0 radical (unpaired) electrons. The van der Waals surface area contributed by atoms with Gasteiger partial charge < -0.3 is 19.1 Å². The lowest BCUT2D eigenvalue weighted by molar-refractivity contribution is -0.115. The maximum Gasteiger partial charge on any atom is 0.238 e. The molecule has 25 heavy (non-hydrogen) atoms. The second-order valence-electron chi connectivity index (χ2n) is 5.60. The fourth-order valence-corrected chi connectivity index (χ4v) is 3.36. The molecule has 7 nitrogen and oxygen atoms in total. The monoisotopic (exact) mass is 360 g/mol. The van der Waals surface area contributed by atoms with Crippen LogP contribution in [0.5, 0.6) is 0 Å². The van der Waals surface area contributed by atoms with Gasteiger partial charge in [0.05, 0.1) is 22.9 Å². The SMILES string of the molecule is COCCn1c(SC(C)C(=O)Nc2cc(C)on2)nc2ccccc21. The van der Waals surface area contributed by atoms with Crippen molar-refractivity contribution >= 4 is 34.5 Å². The Morgan fingerprint density at radius 1 is 1.44 bits per heavy atom. The van der Waals surface area contributed by atoms with Crippen LogP contribution in [0.3, 0.4) is 0 Å². The van der Waals surface area contributed by atoms with Crippen LogP contribution in [0.4, 0.5) is 5.82 Å². The van der Waals surface area contributed by atoms with Crippen molar-refractivity contribution < 1.29 is 14.1 Å². The van der Waals surface area contributed by atoms with Crippen molar-refractivity contribution in [3.05, 3.63) is 36.1 Å². The van der Waals surface area contributed by atoms with E-state index in [-0.39, 0.29) is 11.2 Å². The molecule has 1 aromatic carbocycles. The molecule has 1 atom stereocenters. The van der Waals surface area contributed by atoms with Crippen LogP contribution in [0.2, 0.25) is 0 Å². The van der Waals surface area contributed by atoms with E-state index in [2.05, 4.69) is 20.0 Å². The number of aryl methyl sites for hydroxylation is 1. The number of carbonyl (C=O) groups excluding carboxylic acids is 1. The number of para-hydroxylation sites is 2. The maximum atomic E-state index is 12.4. The van der Waals surface area contributed by atoms with Gasteiger partial charge in [0.15, 0.2) is 11.0 Å². The van der Waals surface area contributed by atoms with Gasteiger partial charge in [-0.25, -0.2) is 4.98 Å². The molecule has 0 bridgehead atoms. The van der Waals surface area contributed by atoms with Crippen LogP contribution in [0, 0.1) is 6.92 Å². The summed E-state index contributed by atoms with van der Waals surface area (Å²) < 4.78 is 12.2. The molecule has 0 aliphatic rings. The van der Waals surface area contributed by atoms with E-state index in [1.807, 2.05) is 31.2 Å². The Bertz CT molecular complexity index is 874. The molecule has 132 valence electrons. The molecule has 0 saturated heterocycles. The van der Waals surface area contributed by atoms with Gasteiger partial charge in [0.2, 0.25) is 5.91 Å². The van der Waals surface area contributed by atoms with E-state index in [9.17, 15) is 4.79 Å². The minimum Gasteiger partial charge on any atom is -0.383 e. The van der Waals surface area contributed by atoms with Crippen LogP contribution < -0.4 is 5.32 Å². The standard InChI is InChI=1S/C17H20N4O3S/c1-11-10-15(20-24-11)19-16(22)12(2)25-17-18-13-6-4-5-7-14(13)21(17)8-9-23-3/h4-7,10,12H,8-9H2,1-3H3,(H,19,20,22). The predicted octanol–water partition coefficient (Wildman–Crippen LogP) is 3.10. The zero-order valence-corrected chi connectivity index (χ0v) is 15.2. The van der Waals surface area contributed by atoms with Crippen molar-refractivity contribution in [2.24, 2.45) is 0 Å².